The number of nitrogens with zero attached hydrogens (tertiary/aromatic N) is 2. The maximum atomic E-state index is 10.2. The number of hydrogen-bond acceptors (Lipinski definition) is 3. The number of imidazole rings is 1. The van der Waals surface area contributed by atoms with Crippen molar-refractivity contribution in [1.29, 1.82) is 0 Å². The second kappa shape index (κ2) is 7.41. The van der Waals surface area contributed by atoms with Gasteiger partial charge in [-0.2, -0.15) is 0 Å². The second-order valence-corrected chi connectivity index (χ2v) is 5.24. The third kappa shape index (κ3) is 3.58. The van der Waals surface area contributed by atoms with Gasteiger partial charge in [-0.3, -0.25) is 0 Å². The minimum atomic E-state index is -0.380. The SMILES string of the molecule is CCCNCC(O)Cn1c(CCC)nc2ccccc21. The van der Waals surface area contributed by atoms with Crippen LogP contribution in [-0.4, -0.2) is 33.9 Å². The third-order valence-electron chi connectivity index (χ3n) is 3.41. The van der Waals surface area contributed by atoms with E-state index < -0.39 is 0 Å². The highest BCUT2D eigenvalue weighted by Gasteiger charge is 2.13. The summed E-state index contributed by atoms with van der Waals surface area (Å²) < 4.78 is 2.16. The van der Waals surface area contributed by atoms with E-state index in [1.54, 1.807) is 0 Å². The number of rotatable bonds is 8. The van der Waals surface area contributed by atoms with Crippen LogP contribution in [-0.2, 0) is 13.0 Å². The first-order valence-corrected chi connectivity index (χ1v) is 7.59. The molecule has 4 heteroatoms. The molecule has 0 saturated carbocycles. The molecule has 4 nitrogen and oxygen atoms in total. The Bertz CT molecular complexity index is 536. The zero-order chi connectivity index (χ0) is 14.4. The van der Waals surface area contributed by atoms with Gasteiger partial charge in [-0.05, 0) is 31.5 Å². The van der Waals surface area contributed by atoms with Crippen molar-refractivity contribution in [1.82, 2.24) is 14.9 Å². The van der Waals surface area contributed by atoms with Crippen molar-refractivity contribution < 1.29 is 5.11 Å². The molecule has 2 N–H and O–H groups in total. The Balaban J connectivity index is 2.16. The van der Waals surface area contributed by atoms with Crippen LogP contribution in [0.15, 0.2) is 24.3 Å². The lowest BCUT2D eigenvalue weighted by Gasteiger charge is -2.15. The van der Waals surface area contributed by atoms with Crippen molar-refractivity contribution in [2.75, 3.05) is 13.1 Å². The molecule has 0 aliphatic carbocycles. The summed E-state index contributed by atoms with van der Waals surface area (Å²) >= 11 is 0. The van der Waals surface area contributed by atoms with Crippen molar-refractivity contribution in [3.8, 4) is 0 Å². The summed E-state index contributed by atoms with van der Waals surface area (Å²) in [5.74, 6) is 1.07. The number of aliphatic hydroxyl groups excluding tert-OH is 1. The smallest absolute Gasteiger partial charge is 0.109 e. The molecule has 1 heterocycles. The van der Waals surface area contributed by atoms with E-state index in [9.17, 15) is 5.11 Å². The first-order chi connectivity index (χ1) is 9.76. The van der Waals surface area contributed by atoms with E-state index in [1.165, 1.54) is 0 Å². The van der Waals surface area contributed by atoms with Crippen LogP contribution in [0.3, 0.4) is 0 Å². The number of nitrogens with one attached hydrogen (secondary N) is 1. The van der Waals surface area contributed by atoms with Gasteiger partial charge >= 0.3 is 0 Å². The van der Waals surface area contributed by atoms with Crippen molar-refractivity contribution in [2.45, 2.75) is 45.8 Å². The normalized spacial score (nSPS) is 12.9. The lowest BCUT2D eigenvalue weighted by atomic mass is 10.2. The van der Waals surface area contributed by atoms with Crippen molar-refractivity contribution in [2.24, 2.45) is 0 Å². The lowest BCUT2D eigenvalue weighted by molar-refractivity contribution is 0.152. The standard InChI is InChI=1S/C16H25N3O/c1-3-7-16-18-14-8-5-6-9-15(14)19(16)12-13(20)11-17-10-4-2/h5-6,8-9,13,17,20H,3-4,7,10-12H2,1-2H3. The first-order valence-electron chi connectivity index (χ1n) is 7.59. The topological polar surface area (TPSA) is 50.1 Å². The average Bonchev–Trinajstić information content (AvgIpc) is 2.78. The van der Waals surface area contributed by atoms with Crippen molar-refractivity contribution in [3.05, 3.63) is 30.1 Å². The van der Waals surface area contributed by atoms with E-state index in [-0.39, 0.29) is 6.10 Å². The largest absolute Gasteiger partial charge is 0.390 e. The number of aryl methyl sites for hydroxylation is 1. The molecule has 0 spiro atoms. The molecule has 0 saturated heterocycles. The molecular weight excluding hydrogens is 250 g/mol. The van der Waals surface area contributed by atoms with Crippen LogP contribution in [0.5, 0.6) is 0 Å². The zero-order valence-electron chi connectivity index (χ0n) is 12.5. The minimum Gasteiger partial charge on any atom is -0.390 e. The molecule has 0 bridgehead atoms. The summed E-state index contributed by atoms with van der Waals surface area (Å²) in [6.45, 7) is 6.47. The average molecular weight is 275 g/mol. The molecule has 0 aliphatic heterocycles. The maximum Gasteiger partial charge on any atom is 0.109 e. The minimum absolute atomic E-state index is 0.380. The molecule has 0 aliphatic rings. The van der Waals surface area contributed by atoms with E-state index in [4.69, 9.17) is 0 Å². The van der Waals surface area contributed by atoms with E-state index in [0.717, 1.165) is 42.7 Å². The molecule has 20 heavy (non-hydrogen) atoms. The summed E-state index contributed by atoms with van der Waals surface area (Å²) in [5, 5.41) is 13.5. The fourth-order valence-corrected chi connectivity index (χ4v) is 2.46. The third-order valence-corrected chi connectivity index (χ3v) is 3.41. The van der Waals surface area contributed by atoms with E-state index in [2.05, 4.69) is 34.8 Å². The second-order valence-electron chi connectivity index (χ2n) is 5.24. The highest BCUT2D eigenvalue weighted by molar-refractivity contribution is 5.75. The van der Waals surface area contributed by atoms with Gasteiger partial charge < -0.3 is 15.0 Å². The Morgan fingerprint density at radius 3 is 2.80 bits per heavy atom. The van der Waals surface area contributed by atoms with E-state index in [0.29, 0.717) is 13.1 Å². The Hall–Kier alpha value is -1.39. The van der Waals surface area contributed by atoms with Gasteiger partial charge in [-0.1, -0.05) is 26.0 Å². The van der Waals surface area contributed by atoms with E-state index in [1.807, 2.05) is 18.2 Å². The van der Waals surface area contributed by atoms with Crippen LogP contribution in [0.1, 0.15) is 32.5 Å². The molecule has 0 fully saturated rings. The van der Waals surface area contributed by atoms with Gasteiger partial charge in [0.15, 0.2) is 0 Å². The fraction of sp³-hybridized carbons (Fsp3) is 0.562. The highest BCUT2D eigenvalue weighted by Crippen LogP contribution is 2.17. The Morgan fingerprint density at radius 1 is 1.25 bits per heavy atom. The highest BCUT2D eigenvalue weighted by atomic mass is 16.3. The Labute approximate surface area is 120 Å². The van der Waals surface area contributed by atoms with Gasteiger partial charge in [0.25, 0.3) is 0 Å². The Morgan fingerprint density at radius 2 is 2.05 bits per heavy atom. The number of aromatic nitrogens is 2. The van der Waals surface area contributed by atoms with Crippen molar-refractivity contribution in [3.63, 3.8) is 0 Å². The molecule has 1 atom stereocenters. The zero-order valence-corrected chi connectivity index (χ0v) is 12.5. The van der Waals surface area contributed by atoms with Gasteiger partial charge in [-0.25, -0.2) is 4.98 Å². The fourth-order valence-electron chi connectivity index (χ4n) is 2.46. The molecule has 1 unspecified atom stereocenters. The predicted molar refractivity (Wildman–Crippen MR) is 82.9 cm³/mol. The summed E-state index contributed by atoms with van der Waals surface area (Å²) in [4.78, 5) is 4.68. The van der Waals surface area contributed by atoms with E-state index >= 15 is 0 Å². The molecule has 2 rings (SSSR count). The maximum absolute atomic E-state index is 10.2. The number of aliphatic hydroxyl groups is 1. The van der Waals surface area contributed by atoms with Crippen LogP contribution >= 0.6 is 0 Å². The number of hydrogen-bond donors (Lipinski definition) is 2. The molecule has 0 radical (unpaired) electrons. The summed E-state index contributed by atoms with van der Waals surface area (Å²) in [5.41, 5.74) is 2.13. The summed E-state index contributed by atoms with van der Waals surface area (Å²) in [6.07, 6.45) is 2.72. The molecule has 2 aromatic rings. The van der Waals surface area contributed by atoms with Crippen LogP contribution in [0.2, 0.25) is 0 Å². The summed E-state index contributed by atoms with van der Waals surface area (Å²) in [6, 6.07) is 8.15. The molecular formula is C16H25N3O. The van der Waals surface area contributed by atoms with Gasteiger partial charge in [0.1, 0.15) is 5.82 Å². The quantitative estimate of drug-likeness (QED) is 0.727. The lowest BCUT2D eigenvalue weighted by Crippen LogP contribution is -2.31. The number of benzene rings is 1. The predicted octanol–water partition coefficient (Wildman–Crippen LogP) is 2.35. The molecule has 1 aromatic heterocycles. The van der Waals surface area contributed by atoms with Gasteiger partial charge in [0, 0.05) is 13.0 Å². The van der Waals surface area contributed by atoms with Crippen LogP contribution in [0.25, 0.3) is 11.0 Å². The number of para-hydroxylation sites is 2. The van der Waals surface area contributed by atoms with Crippen LogP contribution in [0.4, 0.5) is 0 Å². The van der Waals surface area contributed by atoms with Gasteiger partial charge in [-0.15, -0.1) is 0 Å². The van der Waals surface area contributed by atoms with Gasteiger partial charge in [0.05, 0.1) is 23.7 Å². The molecule has 1 aromatic carbocycles. The van der Waals surface area contributed by atoms with Crippen LogP contribution in [0, 0.1) is 0 Å². The first kappa shape index (κ1) is 15.0. The monoisotopic (exact) mass is 275 g/mol. The summed E-state index contributed by atoms with van der Waals surface area (Å²) in [7, 11) is 0. The molecule has 0 amide bonds. The van der Waals surface area contributed by atoms with Crippen LogP contribution < -0.4 is 5.32 Å². The molecule has 110 valence electrons. The Kier molecular flexibility index (Phi) is 5.56. The van der Waals surface area contributed by atoms with Crippen molar-refractivity contribution >= 4 is 11.0 Å². The number of fused-ring (bicyclic) bond motifs is 1. The van der Waals surface area contributed by atoms with Gasteiger partial charge in [0.2, 0.25) is 0 Å².